The molecule has 4 heterocycles. The van der Waals surface area contributed by atoms with Gasteiger partial charge in [-0.25, -0.2) is 19.3 Å². The molecule has 0 radical (unpaired) electrons. The van der Waals surface area contributed by atoms with Crippen LogP contribution in [0.3, 0.4) is 0 Å². The van der Waals surface area contributed by atoms with E-state index in [2.05, 4.69) is 30.5 Å². The van der Waals surface area contributed by atoms with Crippen molar-refractivity contribution < 1.29 is 14.6 Å². The molecule has 0 aliphatic rings. The number of aliphatic hydroxyl groups is 2. The van der Waals surface area contributed by atoms with Crippen LogP contribution >= 0.6 is 0 Å². The average molecular weight is 525 g/mol. The normalized spacial score (nSPS) is 11.6. The lowest BCUT2D eigenvalue weighted by molar-refractivity contribution is 0.0329. The van der Waals surface area contributed by atoms with E-state index in [1.54, 1.807) is 12.4 Å². The van der Waals surface area contributed by atoms with Crippen molar-refractivity contribution in [1.29, 1.82) is 0 Å². The van der Waals surface area contributed by atoms with Crippen LogP contribution in [0, 0.1) is 5.82 Å². The number of H-pyrrole nitrogens is 2. The summed E-state index contributed by atoms with van der Waals surface area (Å²) in [6, 6.07) is 16.5. The molecule has 0 spiro atoms. The van der Waals surface area contributed by atoms with Gasteiger partial charge in [0, 0.05) is 47.6 Å². The van der Waals surface area contributed by atoms with E-state index in [1.165, 1.54) is 23.4 Å². The number of rotatable bonds is 9. The summed E-state index contributed by atoms with van der Waals surface area (Å²) in [4.78, 5) is 17.9. The molecular weight excluding hydrogens is 499 g/mol. The van der Waals surface area contributed by atoms with Crippen molar-refractivity contribution in [2.75, 3.05) is 31.9 Å². The van der Waals surface area contributed by atoms with Gasteiger partial charge in [-0.2, -0.15) is 5.10 Å². The zero-order chi connectivity index (χ0) is 26.8. The molecule has 2 aromatic carbocycles. The standard InChI is InChI=1S/C28H25FN8O2/c29-19-8-17(9-20(10-19)32-6-7-37(15-38)16-39)21-2-1-3-24-22(21)11-26(33-24)28-27-25(35-36-28)5-4-23(34-27)18-12-30-14-31-13-18/h1-5,8-14,32-33,38-39H,6-7,15-16H2,(H,35,36). The Morgan fingerprint density at radius 2 is 1.77 bits per heavy atom. The largest absolute Gasteiger partial charge is 0.384 e. The Labute approximate surface area is 222 Å². The molecule has 39 heavy (non-hydrogen) atoms. The summed E-state index contributed by atoms with van der Waals surface area (Å²) >= 11 is 0. The lowest BCUT2D eigenvalue weighted by Gasteiger charge is -2.17. The minimum atomic E-state index is -0.371. The van der Waals surface area contributed by atoms with Gasteiger partial charge in [-0.1, -0.05) is 12.1 Å². The topological polar surface area (TPSA) is 139 Å². The second-order valence-electron chi connectivity index (χ2n) is 9.07. The molecule has 0 saturated carbocycles. The van der Waals surface area contributed by atoms with Crippen LogP contribution in [0.4, 0.5) is 10.1 Å². The molecule has 6 aromatic rings. The highest BCUT2D eigenvalue weighted by Gasteiger charge is 2.16. The highest BCUT2D eigenvalue weighted by atomic mass is 19.1. The van der Waals surface area contributed by atoms with Gasteiger partial charge in [0.15, 0.2) is 0 Å². The zero-order valence-electron chi connectivity index (χ0n) is 20.8. The molecule has 0 unspecified atom stereocenters. The smallest absolute Gasteiger partial charge is 0.135 e. The number of anilines is 1. The highest BCUT2D eigenvalue weighted by molar-refractivity contribution is 6.00. The van der Waals surface area contributed by atoms with Crippen molar-refractivity contribution in [1.82, 2.24) is 35.0 Å². The van der Waals surface area contributed by atoms with Gasteiger partial charge in [-0.3, -0.25) is 10.00 Å². The third-order valence-electron chi connectivity index (χ3n) is 6.55. The van der Waals surface area contributed by atoms with Crippen molar-refractivity contribution in [2.24, 2.45) is 0 Å². The van der Waals surface area contributed by atoms with Crippen LogP contribution in [0.15, 0.2) is 73.3 Å². The molecule has 0 amide bonds. The summed E-state index contributed by atoms with van der Waals surface area (Å²) in [6.07, 6.45) is 4.91. The van der Waals surface area contributed by atoms with Crippen LogP contribution in [0.25, 0.3) is 55.7 Å². The van der Waals surface area contributed by atoms with Crippen molar-refractivity contribution >= 4 is 27.6 Å². The monoisotopic (exact) mass is 524 g/mol. The number of hydrogen-bond acceptors (Lipinski definition) is 8. The quantitative estimate of drug-likeness (QED) is 0.179. The number of fused-ring (bicyclic) bond motifs is 2. The van der Waals surface area contributed by atoms with E-state index in [-0.39, 0.29) is 19.3 Å². The van der Waals surface area contributed by atoms with Crippen molar-refractivity contribution in [2.45, 2.75) is 0 Å². The van der Waals surface area contributed by atoms with Crippen LogP contribution in [0.1, 0.15) is 0 Å². The van der Waals surface area contributed by atoms with E-state index in [0.29, 0.717) is 35.6 Å². The SMILES string of the molecule is OCN(CO)CCNc1cc(F)cc(-c2cccc3[nH]c(-c4n[nH]c5ccc(-c6cncnc6)nc45)cc23)c1. The molecule has 10 nitrogen and oxygen atoms in total. The highest BCUT2D eigenvalue weighted by Crippen LogP contribution is 2.35. The summed E-state index contributed by atoms with van der Waals surface area (Å²) in [7, 11) is 0. The second-order valence-corrected chi connectivity index (χ2v) is 9.07. The summed E-state index contributed by atoms with van der Waals surface area (Å²) in [5.74, 6) is -0.371. The minimum absolute atomic E-state index is 0.257. The number of aromatic nitrogens is 6. The van der Waals surface area contributed by atoms with E-state index < -0.39 is 0 Å². The van der Waals surface area contributed by atoms with Gasteiger partial charge in [0.05, 0.1) is 30.4 Å². The molecular formula is C28H25FN8O2. The molecule has 196 valence electrons. The third-order valence-corrected chi connectivity index (χ3v) is 6.55. The Morgan fingerprint density at radius 3 is 2.59 bits per heavy atom. The summed E-state index contributed by atoms with van der Waals surface area (Å²) in [6.45, 7) is 0.319. The molecule has 0 bridgehead atoms. The predicted octanol–water partition coefficient (Wildman–Crippen LogP) is 3.98. The van der Waals surface area contributed by atoms with E-state index >= 15 is 0 Å². The first-order chi connectivity index (χ1) is 19.1. The fourth-order valence-corrected chi connectivity index (χ4v) is 4.61. The number of aromatic amines is 2. The Bertz CT molecular complexity index is 1750. The molecule has 4 aromatic heterocycles. The maximum atomic E-state index is 14.6. The fourth-order valence-electron chi connectivity index (χ4n) is 4.61. The molecule has 0 aliphatic heterocycles. The average Bonchev–Trinajstić information content (AvgIpc) is 3.59. The Kier molecular flexibility index (Phi) is 6.68. The molecule has 0 saturated heterocycles. The summed E-state index contributed by atoms with van der Waals surface area (Å²) in [5, 5.41) is 30.1. The van der Waals surface area contributed by atoms with Crippen molar-refractivity contribution in [3.8, 4) is 33.8 Å². The maximum Gasteiger partial charge on any atom is 0.135 e. The van der Waals surface area contributed by atoms with E-state index in [9.17, 15) is 14.6 Å². The summed E-state index contributed by atoms with van der Waals surface area (Å²) < 4.78 is 14.6. The van der Waals surface area contributed by atoms with Gasteiger partial charge in [-0.15, -0.1) is 0 Å². The Morgan fingerprint density at radius 1 is 0.923 bits per heavy atom. The van der Waals surface area contributed by atoms with E-state index in [1.807, 2.05) is 42.5 Å². The van der Waals surface area contributed by atoms with Crippen LogP contribution < -0.4 is 5.32 Å². The third kappa shape index (κ3) is 4.93. The fraction of sp³-hybridized carbons (Fsp3) is 0.143. The first-order valence-corrected chi connectivity index (χ1v) is 12.3. The van der Waals surface area contributed by atoms with Crippen LogP contribution in [0.2, 0.25) is 0 Å². The number of halogens is 1. The molecule has 0 aliphatic carbocycles. The van der Waals surface area contributed by atoms with Gasteiger partial charge in [0.1, 0.15) is 23.4 Å². The number of aliphatic hydroxyl groups excluding tert-OH is 2. The molecule has 5 N–H and O–H groups in total. The predicted molar refractivity (Wildman–Crippen MR) is 147 cm³/mol. The lowest BCUT2D eigenvalue weighted by atomic mass is 10.0. The Balaban J connectivity index is 1.36. The van der Waals surface area contributed by atoms with Crippen molar-refractivity contribution in [3.05, 3.63) is 79.1 Å². The van der Waals surface area contributed by atoms with Gasteiger partial charge in [-0.05, 0) is 53.6 Å². The first-order valence-electron chi connectivity index (χ1n) is 12.3. The number of benzene rings is 2. The van der Waals surface area contributed by atoms with Gasteiger partial charge >= 0.3 is 0 Å². The minimum Gasteiger partial charge on any atom is -0.384 e. The van der Waals surface area contributed by atoms with E-state index in [0.717, 1.165) is 38.9 Å². The van der Waals surface area contributed by atoms with Crippen LogP contribution in [0.5, 0.6) is 0 Å². The van der Waals surface area contributed by atoms with Crippen molar-refractivity contribution in [3.63, 3.8) is 0 Å². The van der Waals surface area contributed by atoms with E-state index in [4.69, 9.17) is 4.98 Å². The maximum absolute atomic E-state index is 14.6. The van der Waals surface area contributed by atoms with Gasteiger partial charge < -0.3 is 20.5 Å². The number of hydrogen-bond donors (Lipinski definition) is 5. The number of nitrogens with one attached hydrogen (secondary N) is 3. The molecule has 0 atom stereocenters. The molecule has 11 heteroatoms. The second kappa shape index (κ2) is 10.6. The van der Waals surface area contributed by atoms with Crippen LogP contribution in [-0.2, 0) is 0 Å². The number of pyridine rings is 1. The van der Waals surface area contributed by atoms with Gasteiger partial charge in [0.25, 0.3) is 0 Å². The van der Waals surface area contributed by atoms with Crippen LogP contribution in [-0.4, -0.2) is 71.8 Å². The number of nitrogens with zero attached hydrogens (tertiary/aromatic N) is 5. The van der Waals surface area contributed by atoms with Gasteiger partial charge in [0.2, 0.25) is 0 Å². The first kappa shape index (κ1) is 24.6. The Hall–Kier alpha value is -4.71. The molecule has 6 rings (SSSR count). The lowest BCUT2D eigenvalue weighted by Crippen LogP contribution is -2.30. The summed E-state index contributed by atoms with van der Waals surface area (Å²) in [5.41, 5.74) is 7.56. The zero-order valence-corrected chi connectivity index (χ0v) is 20.8. The molecule has 0 fully saturated rings.